The van der Waals surface area contributed by atoms with Crippen LogP contribution in [0.5, 0.6) is 0 Å². The highest BCUT2D eigenvalue weighted by Gasteiger charge is 2.39. The molecule has 0 spiro atoms. The van der Waals surface area contributed by atoms with Crippen molar-refractivity contribution in [2.45, 2.75) is 70.9 Å². The minimum absolute atomic E-state index is 0.107. The first kappa shape index (κ1) is 25.4. The molecule has 1 aromatic heterocycles. The Morgan fingerprint density at radius 1 is 1.26 bits per heavy atom. The van der Waals surface area contributed by atoms with Crippen molar-refractivity contribution in [3.8, 4) is 0 Å². The van der Waals surface area contributed by atoms with Crippen LogP contribution in [0.15, 0.2) is 24.4 Å². The highest BCUT2D eigenvalue weighted by atomic mass is 19.1. The van der Waals surface area contributed by atoms with Crippen LogP contribution in [0.3, 0.4) is 0 Å². The molecule has 0 unspecified atom stereocenters. The van der Waals surface area contributed by atoms with Crippen LogP contribution in [0, 0.1) is 5.82 Å². The number of hydrogen-bond acceptors (Lipinski definition) is 5. The maximum absolute atomic E-state index is 14.9. The molecule has 2 aliphatic rings. The topological polar surface area (TPSA) is 73.2 Å². The van der Waals surface area contributed by atoms with Gasteiger partial charge in [-0.1, -0.05) is 0 Å². The summed E-state index contributed by atoms with van der Waals surface area (Å²) in [6.45, 7) is 7.88. The Labute approximate surface area is 205 Å². The van der Waals surface area contributed by atoms with E-state index in [1.54, 1.807) is 18.1 Å². The lowest BCUT2D eigenvalue weighted by atomic mass is 10.1. The van der Waals surface area contributed by atoms with Gasteiger partial charge in [0.2, 0.25) is 0 Å². The van der Waals surface area contributed by atoms with Crippen LogP contribution in [-0.2, 0) is 32.1 Å². The second-order valence-corrected chi connectivity index (χ2v) is 10.3. The van der Waals surface area contributed by atoms with Crippen molar-refractivity contribution in [2.75, 3.05) is 33.4 Å². The minimum atomic E-state index is -0.761. The molecule has 0 N–H and O–H groups in total. The molecule has 1 saturated heterocycles. The van der Waals surface area contributed by atoms with Crippen molar-refractivity contribution in [1.82, 2.24) is 14.4 Å². The molecule has 2 amide bonds. The van der Waals surface area contributed by atoms with Gasteiger partial charge in [-0.15, -0.1) is 0 Å². The molecule has 192 valence electrons. The fraction of sp³-hybridized carbons (Fsp3) is 0.615. The van der Waals surface area contributed by atoms with Crippen LogP contribution in [0.2, 0.25) is 0 Å². The zero-order valence-electron chi connectivity index (χ0n) is 21.1. The van der Waals surface area contributed by atoms with Gasteiger partial charge >= 0.3 is 6.09 Å². The summed E-state index contributed by atoms with van der Waals surface area (Å²) in [6, 6.07) is 5.36. The Kier molecular flexibility index (Phi) is 7.66. The molecule has 1 atom stereocenters. The van der Waals surface area contributed by atoms with Gasteiger partial charge in [0, 0.05) is 51.0 Å². The van der Waals surface area contributed by atoms with E-state index < -0.39 is 17.8 Å². The van der Waals surface area contributed by atoms with Gasteiger partial charge in [-0.05, 0) is 63.8 Å². The van der Waals surface area contributed by atoms with Crippen LogP contribution in [0.4, 0.5) is 9.18 Å². The summed E-state index contributed by atoms with van der Waals surface area (Å²) in [5, 5.41) is 0.569. The number of fused-ring (bicyclic) bond motifs is 1. The number of halogens is 1. The zero-order chi connectivity index (χ0) is 25.2. The quantitative estimate of drug-likeness (QED) is 0.525. The number of amides is 2. The van der Waals surface area contributed by atoms with E-state index in [0.29, 0.717) is 25.1 Å². The molecule has 35 heavy (non-hydrogen) atoms. The molecule has 1 aliphatic heterocycles. The molecular weight excluding hydrogens is 453 g/mol. The summed E-state index contributed by atoms with van der Waals surface area (Å²) < 4.78 is 33.3. The van der Waals surface area contributed by atoms with E-state index in [1.807, 2.05) is 37.6 Å². The van der Waals surface area contributed by atoms with Gasteiger partial charge < -0.3 is 28.6 Å². The Morgan fingerprint density at radius 3 is 2.71 bits per heavy atom. The van der Waals surface area contributed by atoms with E-state index >= 15 is 0 Å². The van der Waals surface area contributed by atoms with Gasteiger partial charge in [-0.3, -0.25) is 4.79 Å². The number of carbonyl (C=O) groups is 2. The number of morpholine rings is 1. The van der Waals surface area contributed by atoms with E-state index in [1.165, 1.54) is 11.0 Å². The molecule has 9 heteroatoms. The number of carbonyl (C=O) groups excluding carboxylic acids is 2. The first-order chi connectivity index (χ1) is 16.7. The first-order valence-electron chi connectivity index (χ1n) is 12.3. The van der Waals surface area contributed by atoms with Crippen LogP contribution in [0.1, 0.15) is 45.6 Å². The van der Waals surface area contributed by atoms with E-state index in [-0.39, 0.29) is 30.9 Å². The number of ether oxygens (including phenoxy) is 3. The van der Waals surface area contributed by atoms with Gasteiger partial charge in [0.1, 0.15) is 11.4 Å². The number of hydrogen-bond donors (Lipinski definition) is 0. The second-order valence-electron chi connectivity index (χ2n) is 10.3. The van der Waals surface area contributed by atoms with Crippen molar-refractivity contribution in [3.63, 3.8) is 0 Å². The lowest BCUT2D eigenvalue weighted by Crippen LogP contribution is -2.53. The third-order valence-electron chi connectivity index (χ3n) is 6.26. The third kappa shape index (κ3) is 6.32. The summed E-state index contributed by atoms with van der Waals surface area (Å²) >= 11 is 0. The molecule has 1 aromatic carbocycles. The van der Waals surface area contributed by atoms with Crippen molar-refractivity contribution in [1.29, 1.82) is 0 Å². The number of aryl methyl sites for hydroxylation is 1. The molecule has 0 bridgehead atoms. The monoisotopic (exact) mass is 489 g/mol. The Bertz CT molecular complexity index is 1060. The van der Waals surface area contributed by atoms with Crippen molar-refractivity contribution >= 4 is 22.9 Å². The van der Waals surface area contributed by atoms with Crippen LogP contribution in [-0.4, -0.2) is 77.5 Å². The molecule has 0 radical (unpaired) electrons. The average Bonchev–Trinajstić information content (AvgIpc) is 3.57. The van der Waals surface area contributed by atoms with Crippen LogP contribution >= 0.6 is 0 Å². The Hall–Kier alpha value is -2.65. The third-order valence-corrected chi connectivity index (χ3v) is 6.26. The smallest absolute Gasteiger partial charge is 0.410 e. The molecule has 8 nitrogen and oxygen atoms in total. The lowest BCUT2D eigenvalue weighted by Gasteiger charge is -2.36. The fourth-order valence-electron chi connectivity index (χ4n) is 4.42. The van der Waals surface area contributed by atoms with Crippen LogP contribution in [0.25, 0.3) is 10.9 Å². The van der Waals surface area contributed by atoms with Gasteiger partial charge in [0.15, 0.2) is 6.10 Å². The van der Waals surface area contributed by atoms with Crippen molar-refractivity contribution in [3.05, 3.63) is 35.8 Å². The largest absolute Gasteiger partial charge is 0.444 e. The van der Waals surface area contributed by atoms with E-state index in [2.05, 4.69) is 0 Å². The van der Waals surface area contributed by atoms with Gasteiger partial charge in [-0.25, -0.2) is 9.18 Å². The second kappa shape index (κ2) is 10.5. The maximum Gasteiger partial charge on any atom is 0.410 e. The van der Waals surface area contributed by atoms with E-state index in [9.17, 15) is 14.0 Å². The zero-order valence-corrected chi connectivity index (χ0v) is 21.1. The number of benzene rings is 1. The molecule has 2 heterocycles. The number of methoxy groups -OCH3 is 1. The van der Waals surface area contributed by atoms with E-state index in [4.69, 9.17) is 14.2 Å². The lowest BCUT2D eigenvalue weighted by molar-refractivity contribution is -0.150. The molecule has 2 aromatic rings. The highest BCUT2D eigenvalue weighted by molar-refractivity contribution is 5.84. The van der Waals surface area contributed by atoms with Gasteiger partial charge in [0.05, 0.1) is 18.7 Å². The predicted molar refractivity (Wildman–Crippen MR) is 130 cm³/mol. The summed E-state index contributed by atoms with van der Waals surface area (Å²) in [5.41, 5.74) is 0.935. The average molecular weight is 490 g/mol. The minimum Gasteiger partial charge on any atom is -0.444 e. The van der Waals surface area contributed by atoms with E-state index in [0.717, 1.165) is 36.9 Å². The summed E-state index contributed by atoms with van der Waals surface area (Å²) in [4.78, 5) is 29.3. The van der Waals surface area contributed by atoms with Crippen molar-refractivity contribution < 1.29 is 28.2 Å². The normalized spacial score (nSPS) is 18.7. The predicted octanol–water partition coefficient (Wildman–Crippen LogP) is 3.94. The number of aromatic nitrogens is 1. The molecular formula is C26H36FN3O5. The number of rotatable bonds is 8. The first-order valence-corrected chi connectivity index (χ1v) is 12.3. The summed E-state index contributed by atoms with van der Waals surface area (Å²) in [5.74, 6) is -0.465. The molecule has 4 rings (SSSR count). The number of nitrogens with zero attached hydrogens (tertiary/aromatic N) is 3. The van der Waals surface area contributed by atoms with Crippen molar-refractivity contribution in [2.24, 2.45) is 0 Å². The summed E-state index contributed by atoms with van der Waals surface area (Å²) in [6.07, 6.45) is 3.32. The standard InChI is InChI=1S/C26H36FN3O5/c1-26(2,3)35-25(32)29-11-13-34-23(17-29)24(31)30(19-6-7-19)16-18-14-21(27)20-8-10-28(22(20)15-18)9-5-12-33-4/h8,10,14-15,19,23H,5-7,9,11-13,16-17H2,1-4H3/t23-/m1/s1. The Balaban J connectivity index is 1.49. The van der Waals surface area contributed by atoms with Gasteiger partial charge in [0.25, 0.3) is 5.91 Å². The van der Waals surface area contributed by atoms with Crippen LogP contribution < -0.4 is 0 Å². The Morgan fingerprint density at radius 2 is 2.03 bits per heavy atom. The van der Waals surface area contributed by atoms with Gasteiger partial charge in [-0.2, -0.15) is 0 Å². The SMILES string of the molecule is COCCCn1ccc2c(F)cc(CN(C(=O)[C@H]3CN(C(=O)OC(C)(C)C)CCO3)C3CC3)cc21. The molecule has 1 aliphatic carbocycles. The fourth-order valence-corrected chi connectivity index (χ4v) is 4.42. The highest BCUT2D eigenvalue weighted by Crippen LogP contribution is 2.31. The summed E-state index contributed by atoms with van der Waals surface area (Å²) in [7, 11) is 1.66. The maximum atomic E-state index is 14.9. The molecule has 1 saturated carbocycles. The molecule has 2 fully saturated rings.